The molecule has 144 valence electrons. The van der Waals surface area contributed by atoms with Crippen molar-refractivity contribution in [2.75, 3.05) is 18.8 Å². The predicted octanol–water partition coefficient (Wildman–Crippen LogP) is 2.89. The fraction of sp³-hybridized carbons (Fsp3) is 0.588. The zero-order chi connectivity index (χ0) is 18.2. The van der Waals surface area contributed by atoms with Crippen LogP contribution in [-0.2, 0) is 14.6 Å². The number of halogens is 1. The fourth-order valence-electron chi connectivity index (χ4n) is 2.25. The van der Waals surface area contributed by atoms with Crippen molar-refractivity contribution in [2.45, 2.75) is 55.2 Å². The third-order valence-electron chi connectivity index (χ3n) is 3.47. The maximum absolute atomic E-state index is 12.4. The summed E-state index contributed by atoms with van der Waals surface area (Å²) in [5.41, 5.74) is 0. The van der Waals surface area contributed by atoms with Crippen molar-refractivity contribution in [3.05, 3.63) is 24.3 Å². The van der Waals surface area contributed by atoms with Crippen LogP contribution >= 0.6 is 24.2 Å². The molecule has 0 bridgehead atoms. The fourth-order valence-corrected chi connectivity index (χ4v) is 5.10. The van der Waals surface area contributed by atoms with Crippen molar-refractivity contribution in [1.82, 2.24) is 10.6 Å². The molecule has 1 unspecified atom stereocenters. The monoisotopic (exact) mass is 408 g/mol. The summed E-state index contributed by atoms with van der Waals surface area (Å²) in [4.78, 5) is 13.2. The van der Waals surface area contributed by atoms with Crippen LogP contribution in [0.25, 0.3) is 0 Å². The number of likely N-dealkylation sites (N-methyl/N-ethyl adjacent to an activating group) is 1. The van der Waals surface area contributed by atoms with Crippen LogP contribution in [0.3, 0.4) is 0 Å². The molecule has 8 heteroatoms. The van der Waals surface area contributed by atoms with Crippen molar-refractivity contribution in [2.24, 2.45) is 0 Å². The molecule has 25 heavy (non-hydrogen) atoms. The number of amides is 1. The zero-order valence-corrected chi connectivity index (χ0v) is 17.7. The maximum Gasteiger partial charge on any atom is 0.233 e. The molecule has 1 aromatic carbocycles. The second-order valence-electron chi connectivity index (χ2n) is 5.73. The number of carbonyl (C=O) groups is 1. The van der Waals surface area contributed by atoms with Crippen LogP contribution in [0.2, 0.25) is 0 Å². The molecule has 0 radical (unpaired) electrons. The highest BCUT2D eigenvalue weighted by Gasteiger charge is 2.21. The number of sulfone groups is 1. The quantitative estimate of drug-likeness (QED) is 0.582. The number of hydrogen-bond acceptors (Lipinski definition) is 5. The first-order valence-corrected chi connectivity index (χ1v) is 10.8. The van der Waals surface area contributed by atoms with Crippen LogP contribution < -0.4 is 10.6 Å². The van der Waals surface area contributed by atoms with Gasteiger partial charge in [0.25, 0.3) is 0 Å². The Morgan fingerprint density at radius 3 is 2.44 bits per heavy atom. The lowest BCUT2D eigenvalue weighted by molar-refractivity contribution is -0.120. The minimum absolute atomic E-state index is 0. The third-order valence-corrected chi connectivity index (χ3v) is 6.74. The summed E-state index contributed by atoms with van der Waals surface area (Å²) < 4.78 is 24.7. The summed E-state index contributed by atoms with van der Waals surface area (Å²) in [5.74, 6) is 0.0261. The molecule has 0 heterocycles. The van der Waals surface area contributed by atoms with Gasteiger partial charge in [-0.3, -0.25) is 4.79 Å². The Morgan fingerprint density at radius 2 is 1.84 bits per heavy atom. The Labute approximate surface area is 162 Å². The van der Waals surface area contributed by atoms with Gasteiger partial charge in [-0.25, -0.2) is 8.42 Å². The van der Waals surface area contributed by atoms with Gasteiger partial charge >= 0.3 is 0 Å². The summed E-state index contributed by atoms with van der Waals surface area (Å²) in [5, 5.41) is 5.77. The molecule has 1 amide bonds. The standard InChI is InChI=1S/C17H28N2O3S2.ClH/c1-5-11-24(21,22)16-10-8-7-9-15(16)23-14(4)17(20)19-12-13(3)18-6-2;/h7-10,13-14,18H,5-6,11-12H2,1-4H3,(H,19,20);1H/t13-,14?;/m1./s1. The zero-order valence-electron chi connectivity index (χ0n) is 15.2. The number of thioether (sulfide) groups is 1. The summed E-state index contributed by atoms with van der Waals surface area (Å²) in [7, 11) is -3.31. The molecule has 2 atom stereocenters. The average Bonchev–Trinajstić information content (AvgIpc) is 2.53. The van der Waals surface area contributed by atoms with E-state index in [9.17, 15) is 13.2 Å². The van der Waals surface area contributed by atoms with Crippen molar-refractivity contribution in [3.63, 3.8) is 0 Å². The first kappa shape index (κ1) is 24.2. The number of hydrogen-bond donors (Lipinski definition) is 2. The molecule has 1 rings (SSSR count). The van der Waals surface area contributed by atoms with Crippen LogP contribution in [0.4, 0.5) is 0 Å². The Hall–Kier alpha value is -0.760. The summed E-state index contributed by atoms with van der Waals surface area (Å²) >= 11 is 1.28. The molecule has 0 saturated carbocycles. The SMILES string of the molecule is CCCS(=O)(=O)c1ccccc1SC(C)C(=O)NC[C@@H](C)NCC.Cl. The van der Waals surface area contributed by atoms with Gasteiger partial charge in [0, 0.05) is 17.5 Å². The lowest BCUT2D eigenvalue weighted by Crippen LogP contribution is -2.41. The molecule has 1 aromatic rings. The van der Waals surface area contributed by atoms with Crippen LogP contribution in [-0.4, -0.2) is 44.5 Å². The number of rotatable bonds is 10. The Bertz CT molecular complexity index is 639. The molecule has 2 N–H and O–H groups in total. The Balaban J connectivity index is 0.00000576. The van der Waals surface area contributed by atoms with Crippen LogP contribution in [0.15, 0.2) is 34.1 Å². The normalized spacial score (nSPS) is 13.6. The van der Waals surface area contributed by atoms with E-state index >= 15 is 0 Å². The van der Waals surface area contributed by atoms with Crippen LogP contribution in [0, 0.1) is 0 Å². The summed E-state index contributed by atoms with van der Waals surface area (Å²) in [6.07, 6.45) is 0.569. The van der Waals surface area contributed by atoms with Crippen LogP contribution in [0.1, 0.15) is 34.1 Å². The molecule has 0 aliphatic rings. The average molecular weight is 409 g/mol. The number of benzene rings is 1. The van der Waals surface area contributed by atoms with Gasteiger partial charge in [-0.15, -0.1) is 24.2 Å². The van der Waals surface area contributed by atoms with Gasteiger partial charge in [-0.1, -0.05) is 26.0 Å². The smallest absolute Gasteiger partial charge is 0.233 e. The number of carbonyl (C=O) groups excluding carboxylic acids is 1. The van der Waals surface area contributed by atoms with Gasteiger partial charge in [-0.05, 0) is 38.9 Å². The van der Waals surface area contributed by atoms with E-state index in [1.807, 2.05) is 20.8 Å². The van der Waals surface area contributed by atoms with E-state index in [0.717, 1.165) is 6.54 Å². The van der Waals surface area contributed by atoms with Gasteiger partial charge in [0.1, 0.15) is 0 Å². The van der Waals surface area contributed by atoms with Crippen LogP contribution in [0.5, 0.6) is 0 Å². The highest BCUT2D eigenvalue weighted by molar-refractivity contribution is 8.01. The van der Waals surface area contributed by atoms with E-state index in [4.69, 9.17) is 0 Å². The number of nitrogens with one attached hydrogen (secondary N) is 2. The molecule has 5 nitrogen and oxygen atoms in total. The van der Waals surface area contributed by atoms with E-state index in [-0.39, 0.29) is 35.4 Å². The van der Waals surface area contributed by atoms with Crippen molar-refractivity contribution in [3.8, 4) is 0 Å². The molecule has 0 aromatic heterocycles. The highest BCUT2D eigenvalue weighted by atomic mass is 35.5. The predicted molar refractivity (Wildman–Crippen MR) is 108 cm³/mol. The first-order chi connectivity index (χ1) is 11.3. The molecule has 0 fully saturated rings. The largest absolute Gasteiger partial charge is 0.354 e. The maximum atomic E-state index is 12.4. The Kier molecular flexibility index (Phi) is 11.4. The van der Waals surface area contributed by atoms with Gasteiger partial charge in [-0.2, -0.15) is 0 Å². The van der Waals surface area contributed by atoms with E-state index in [0.29, 0.717) is 22.8 Å². The topological polar surface area (TPSA) is 75.3 Å². The molecule has 0 aliphatic carbocycles. The van der Waals surface area contributed by atoms with Gasteiger partial charge in [0.2, 0.25) is 5.91 Å². The summed E-state index contributed by atoms with van der Waals surface area (Å²) in [6.45, 7) is 9.06. The second kappa shape index (κ2) is 11.8. The molecular formula is C17H29ClN2O3S2. The highest BCUT2D eigenvalue weighted by Crippen LogP contribution is 2.30. The van der Waals surface area contributed by atoms with Crippen molar-refractivity contribution < 1.29 is 13.2 Å². The van der Waals surface area contributed by atoms with Gasteiger partial charge in [0.15, 0.2) is 9.84 Å². The minimum Gasteiger partial charge on any atom is -0.354 e. The minimum atomic E-state index is -3.31. The molecule has 0 saturated heterocycles. The molecular weight excluding hydrogens is 380 g/mol. The molecule has 0 aliphatic heterocycles. The summed E-state index contributed by atoms with van der Waals surface area (Å²) in [6, 6.07) is 7.10. The van der Waals surface area contributed by atoms with E-state index in [2.05, 4.69) is 10.6 Å². The Morgan fingerprint density at radius 1 is 1.20 bits per heavy atom. The van der Waals surface area contributed by atoms with E-state index in [1.165, 1.54) is 11.8 Å². The van der Waals surface area contributed by atoms with Crippen molar-refractivity contribution in [1.29, 1.82) is 0 Å². The van der Waals surface area contributed by atoms with Gasteiger partial charge in [0.05, 0.1) is 15.9 Å². The lowest BCUT2D eigenvalue weighted by Gasteiger charge is -2.17. The van der Waals surface area contributed by atoms with E-state index < -0.39 is 9.84 Å². The third kappa shape index (κ3) is 7.98. The van der Waals surface area contributed by atoms with Crippen molar-refractivity contribution >= 4 is 39.9 Å². The lowest BCUT2D eigenvalue weighted by atomic mass is 10.3. The first-order valence-electron chi connectivity index (χ1n) is 8.31. The van der Waals surface area contributed by atoms with Gasteiger partial charge < -0.3 is 10.6 Å². The second-order valence-corrected chi connectivity index (χ2v) is 9.19. The van der Waals surface area contributed by atoms with E-state index in [1.54, 1.807) is 31.2 Å². The molecule has 0 spiro atoms.